The molecule has 6 nitrogen and oxygen atoms in total. The summed E-state index contributed by atoms with van der Waals surface area (Å²) in [6.07, 6.45) is 8.42. The fourth-order valence-corrected chi connectivity index (χ4v) is 1.48. The Morgan fingerprint density at radius 2 is 2.41 bits per heavy atom. The van der Waals surface area contributed by atoms with Gasteiger partial charge >= 0.3 is 5.97 Å². The summed E-state index contributed by atoms with van der Waals surface area (Å²) in [5, 5.41) is 11.7. The van der Waals surface area contributed by atoms with Crippen molar-refractivity contribution in [2.24, 2.45) is 0 Å². The summed E-state index contributed by atoms with van der Waals surface area (Å²) in [5.41, 5.74) is -0.0626. The molecule has 0 amide bonds. The minimum absolute atomic E-state index is 0.0626. The smallest absolute Gasteiger partial charge is 0.356 e. The van der Waals surface area contributed by atoms with E-state index in [9.17, 15) is 4.79 Å². The van der Waals surface area contributed by atoms with Gasteiger partial charge in [-0.2, -0.15) is 0 Å². The van der Waals surface area contributed by atoms with Crippen LogP contribution < -0.4 is 5.32 Å². The van der Waals surface area contributed by atoms with E-state index in [0.717, 1.165) is 12.8 Å². The number of nitrogens with one attached hydrogen (secondary N) is 1. The van der Waals surface area contributed by atoms with Gasteiger partial charge in [-0.25, -0.2) is 14.8 Å². The summed E-state index contributed by atoms with van der Waals surface area (Å²) < 4.78 is 5.38. The minimum atomic E-state index is -1.08. The van der Waals surface area contributed by atoms with Crippen molar-refractivity contribution in [2.45, 2.75) is 18.9 Å². The molecule has 0 radical (unpaired) electrons. The molecule has 0 aliphatic carbocycles. The second kappa shape index (κ2) is 5.29. The van der Waals surface area contributed by atoms with Crippen molar-refractivity contribution in [1.29, 1.82) is 0 Å². The summed E-state index contributed by atoms with van der Waals surface area (Å²) in [5.74, 6) is -0.530. The van der Waals surface area contributed by atoms with Gasteiger partial charge in [-0.3, -0.25) is 0 Å². The van der Waals surface area contributed by atoms with Crippen molar-refractivity contribution in [3.05, 3.63) is 30.4 Å². The van der Waals surface area contributed by atoms with Gasteiger partial charge < -0.3 is 15.2 Å². The van der Waals surface area contributed by atoms with E-state index in [1.54, 1.807) is 6.26 Å². The molecule has 2 heterocycles. The third-order valence-corrected chi connectivity index (χ3v) is 2.40. The molecular weight excluding hydrogens is 222 g/mol. The van der Waals surface area contributed by atoms with Crippen LogP contribution in [-0.2, 0) is 4.74 Å². The van der Waals surface area contributed by atoms with Crippen LogP contribution in [0.25, 0.3) is 0 Å². The first kappa shape index (κ1) is 11.4. The quantitative estimate of drug-likeness (QED) is 0.817. The Bertz CT molecular complexity index is 416. The summed E-state index contributed by atoms with van der Waals surface area (Å²) in [6.45, 7) is 0.630. The van der Waals surface area contributed by atoms with E-state index in [1.807, 2.05) is 6.08 Å². The van der Waals surface area contributed by atoms with Crippen molar-refractivity contribution >= 4 is 11.8 Å². The summed E-state index contributed by atoms with van der Waals surface area (Å²) >= 11 is 0. The van der Waals surface area contributed by atoms with E-state index >= 15 is 0 Å². The van der Waals surface area contributed by atoms with Crippen molar-refractivity contribution in [3.63, 3.8) is 0 Å². The molecule has 0 aromatic carbocycles. The Morgan fingerprint density at radius 1 is 1.53 bits per heavy atom. The molecule has 1 aromatic rings. The van der Waals surface area contributed by atoms with E-state index in [0.29, 0.717) is 12.4 Å². The molecule has 1 aliphatic rings. The van der Waals surface area contributed by atoms with Gasteiger partial charge in [-0.1, -0.05) is 0 Å². The predicted octanol–water partition coefficient (Wildman–Crippen LogP) is 1.28. The normalized spacial score (nSPS) is 18.5. The molecule has 2 N–H and O–H groups in total. The zero-order valence-electron chi connectivity index (χ0n) is 9.17. The highest BCUT2D eigenvalue weighted by Gasteiger charge is 2.11. The number of ether oxygens (including phenoxy) is 1. The van der Waals surface area contributed by atoms with Crippen molar-refractivity contribution in [2.75, 3.05) is 11.9 Å². The summed E-state index contributed by atoms with van der Waals surface area (Å²) in [6, 6.07) is 0. The van der Waals surface area contributed by atoms with E-state index < -0.39 is 5.97 Å². The number of carbonyl (C=O) groups is 1. The van der Waals surface area contributed by atoms with Gasteiger partial charge in [0, 0.05) is 0 Å². The fraction of sp³-hybridized carbons (Fsp3) is 0.364. The van der Waals surface area contributed by atoms with Crippen LogP contribution in [0.2, 0.25) is 0 Å². The minimum Gasteiger partial charge on any atom is -0.497 e. The lowest BCUT2D eigenvalue weighted by Gasteiger charge is -2.19. The number of carboxylic acids is 1. The van der Waals surface area contributed by atoms with Crippen LogP contribution in [0.1, 0.15) is 23.3 Å². The predicted molar refractivity (Wildman–Crippen MR) is 60.7 cm³/mol. The van der Waals surface area contributed by atoms with Crippen LogP contribution in [0, 0.1) is 0 Å². The van der Waals surface area contributed by atoms with Gasteiger partial charge in [0.15, 0.2) is 5.69 Å². The molecule has 0 bridgehead atoms. The third-order valence-electron chi connectivity index (χ3n) is 2.40. The molecule has 2 rings (SSSR count). The molecule has 0 saturated carbocycles. The SMILES string of the molecule is O=C(O)c1cnc(NCC2CCC=CO2)cn1. The highest BCUT2D eigenvalue weighted by Crippen LogP contribution is 2.11. The second-order valence-corrected chi connectivity index (χ2v) is 3.68. The molecular formula is C11H13N3O3. The van der Waals surface area contributed by atoms with Gasteiger partial charge in [0.05, 0.1) is 25.2 Å². The number of carboxylic acid groups (broad SMARTS) is 1. The number of allylic oxidation sites excluding steroid dienone is 1. The maximum absolute atomic E-state index is 10.6. The zero-order chi connectivity index (χ0) is 12.1. The number of aromatic nitrogens is 2. The second-order valence-electron chi connectivity index (χ2n) is 3.68. The fourth-order valence-electron chi connectivity index (χ4n) is 1.48. The Labute approximate surface area is 98.3 Å². The first-order valence-corrected chi connectivity index (χ1v) is 5.35. The molecule has 1 unspecified atom stereocenters. The summed E-state index contributed by atoms with van der Waals surface area (Å²) in [4.78, 5) is 18.3. The molecule has 0 saturated heterocycles. The Morgan fingerprint density at radius 3 is 3.00 bits per heavy atom. The van der Waals surface area contributed by atoms with Crippen molar-refractivity contribution < 1.29 is 14.6 Å². The molecule has 90 valence electrons. The van der Waals surface area contributed by atoms with Crippen molar-refractivity contribution in [3.8, 4) is 0 Å². The van der Waals surface area contributed by atoms with Crippen LogP contribution in [0.4, 0.5) is 5.82 Å². The van der Waals surface area contributed by atoms with Gasteiger partial charge in [0.25, 0.3) is 0 Å². The van der Waals surface area contributed by atoms with Crippen LogP contribution in [-0.4, -0.2) is 33.7 Å². The van der Waals surface area contributed by atoms with Gasteiger partial charge in [0.2, 0.25) is 0 Å². The average molecular weight is 235 g/mol. The first-order valence-electron chi connectivity index (χ1n) is 5.35. The lowest BCUT2D eigenvalue weighted by molar-refractivity contribution is 0.0690. The Hall–Kier alpha value is -2.11. The van der Waals surface area contributed by atoms with E-state index in [2.05, 4.69) is 15.3 Å². The van der Waals surface area contributed by atoms with Crippen LogP contribution in [0.3, 0.4) is 0 Å². The number of aromatic carboxylic acids is 1. The number of hydrogen-bond donors (Lipinski definition) is 2. The third kappa shape index (κ3) is 3.17. The van der Waals surface area contributed by atoms with E-state index in [1.165, 1.54) is 12.4 Å². The van der Waals surface area contributed by atoms with Gasteiger partial charge in [-0.05, 0) is 18.9 Å². The highest BCUT2D eigenvalue weighted by molar-refractivity contribution is 5.84. The lowest BCUT2D eigenvalue weighted by Crippen LogP contribution is -2.23. The number of anilines is 1. The maximum Gasteiger partial charge on any atom is 0.356 e. The molecule has 6 heteroatoms. The molecule has 1 aromatic heterocycles. The van der Waals surface area contributed by atoms with E-state index in [4.69, 9.17) is 9.84 Å². The van der Waals surface area contributed by atoms with Crippen LogP contribution >= 0.6 is 0 Å². The standard InChI is InChI=1S/C11H13N3O3/c15-11(16)9-6-14-10(7-12-9)13-5-8-3-1-2-4-17-8/h2,4,6-8H,1,3,5H2,(H,13,14)(H,15,16). The average Bonchev–Trinajstić information content (AvgIpc) is 2.38. The molecule has 0 spiro atoms. The van der Waals surface area contributed by atoms with Gasteiger partial charge in [-0.15, -0.1) is 0 Å². The van der Waals surface area contributed by atoms with Crippen LogP contribution in [0.15, 0.2) is 24.7 Å². The Balaban J connectivity index is 1.86. The van der Waals surface area contributed by atoms with E-state index in [-0.39, 0.29) is 11.8 Å². The number of nitrogens with zero attached hydrogens (tertiary/aromatic N) is 2. The molecule has 17 heavy (non-hydrogen) atoms. The number of hydrogen-bond acceptors (Lipinski definition) is 5. The van der Waals surface area contributed by atoms with Gasteiger partial charge in [0.1, 0.15) is 11.9 Å². The summed E-state index contributed by atoms with van der Waals surface area (Å²) in [7, 11) is 0. The van der Waals surface area contributed by atoms with Crippen molar-refractivity contribution in [1.82, 2.24) is 9.97 Å². The molecule has 0 fully saturated rings. The monoisotopic (exact) mass is 235 g/mol. The topological polar surface area (TPSA) is 84.3 Å². The Kier molecular flexibility index (Phi) is 3.54. The van der Waals surface area contributed by atoms with Crippen LogP contribution in [0.5, 0.6) is 0 Å². The zero-order valence-corrected chi connectivity index (χ0v) is 9.17. The molecule has 1 aliphatic heterocycles. The highest BCUT2D eigenvalue weighted by atomic mass is 16.5. The first-order chi connectivity index (χ1) is 8.25. The number of rotatable bonds is 4. The lowest BCUT2D eigenvalue weighted by atomic mass is 10.1. The maximum atomic E-state index is 10.6. The largest absolute Gasteiger partial charge is 0.497 e. The molecule has 1 atom stereocenters.